The maximum atomic E-state index is 5.70. The molecular formula is C12H19BO. The van der Waals surface area contributed by atoms with Gasteiger partial charge in [0.05, 0.1) is 6.61 Å². The lowest BCUT2D eigenvalue weighted by Crippen LogP contribution is -2.25. The van der Waals surface area contributed by atoms with Gasteiger partial charge in [0.25, 0.3) is 0 Å². The summed E-state index contributed by atoms with van der Waals surface area (Å²) < 4.78 is 5.70. The molecule has 0 aliphatic heterocycles. The summed E-state index contributed by atoms with van der Waals surface area (Å²) in [4.78, 5) is 0. The summed E-state index contributed by atoms with van der Waals surface area (Å²) in [6, 6.07) is 6.41. The van der Waals surface area contributed by atoms with Gasteiger partial charge >= 0.3 is 0 Å². The van der Waals surface area contributed by atoms with E-state index in [1.165, 1.54) is 11.0 Å². The zero-order valence-corrected chi connectivity index (χ0v) is 9.63. The van der Waals surface area contributed by atoms with Crippen molar-refractivity contribution >= 4 is 12.2 Å². The predicted octanol–water partition coefficient (Wildman–Crippen LogP) is 2.75. The molecule has 1 aromatic rings. The van der Waals surface area contributed by atoms with E-state index >= 15 is 0 Å². The average Bonchev–Trinajstić information content (AvgIpc) is 2.15. The second kappa shape index (κ2) is 5.09. The Balaban J connectivity index is 2.90. The SMILES string of the molecule is CCCOc1ccc(C)cc1B(C)C. The van der Waals surface area contributed by atoms with Crippen molar-refractivity contribution in [3.8, 4) is 5.75 Å². The lowest BCUT2D eigenvalue weighted by molar-refractivity contribution is 0.320. The second-order valence-corrected chi connectivity index (χ2v) is 4.04. The second-order valence-electron chi connectivity index (χ2n) is 4.04. The molecule has 76 valence electrons. The van der Waals surface area contributed by atoms with Crippen LogP contribution in [0, 0.1) is 6.92 Å². The molecule has 1 aromatic carbocycles. The molecule has 0 heterocycles. The minimum absolute atomic E-state index is 0.529. The lowest BCUT2D eigenvalue weighted by atomic mass is 9.49. The van der Waals surface area contributed by atoms with Crippen molar-refractivity contribution in [2.75, 3.05) is 6.61 Å². The fourth-order valence-corrected chi connectivity index (χ4v) is 1.46. The summed E-state index contributed by atoms with van der Waals surface area (Å²) in [7, 11) is 0. The van der Waals surface area contributed by atoms with Gasteiger partial charge in [-0.1, -0.05) is 38.3 Å². The molecule has 0 aliphatic rings. The fourth-order valence-electron chi connectivity index (χ4n) is 1.46. The van der Waals surface area contributed by atoms with Gasteiger partial charge in [-0.15, -0.1) is 0 Å². The summed E-state index contributed by atoms with van der Waals surface area (Å²) in [5.41, 5.74) is 2.62. The first-order valence-electron chi connectivity index (χ1n) is 5.38. The average molecular weight is 190 g/mol. The molecule has 0 fully saturated rings. The van der Waals surface area contributed by atoms with Crippen molar-refractivity contribution in [1.29, 1.82) is 0 Å². The van der Waals surface area contributed by atoms with E-state index in [9.17, 15) is 0 Å². The number of hydrogen-bond acceptors (Lipinski definition) is 1. The highest BCUT2D eigenvalue weighted by Gasteiger charge is 2.09. The Kier molecular flexibility index (Phi) is 4.06. The Bertz CT molecular complexity index is 294. The van der Waals surface area contributed by atoms with Gasteiger partial charge < -0.3 is 4.74 Å². The smallest absolute Gasteiger partial charge is 0.174 e. The molecule has 0 aromatic heterocycles. The number of rotatable bonds is 4. The van der Waals surface area contributed by atoms with Crippen LogP contribution in [0.5, 0.6) is 5.75 Å². The highest BCUT2D eigenvalue weighted by atomic mass is 16.5. The van der Waals surface area contributed by atoms with Gasteiger partial charge in [-0.3, -0.25) is 0 Å². The molecule has 0 unspecified atom stereocenters. The van der Waals surface area contributed by atoms with Gasteiger partial charge in [0, 0.05) is 0 Å². The maximum Gasteiger partial charge on any atom is 0.174 e. The maximum absolute atomic E-state index is 5.70. The minimum atomic E-state index is 0.529. The summed E-state index contributed by atoms with van der Waals surface area (Å²) in [5.74, 6) is 1.05. The van der Waals surface area contributed by atoms with Crippen LogP contribution < -0.4 is 10.2 Å². The van der Waals surface area contributed by atoms with Gasteiger partial charge in [0.2, 0.25) is 0 Å². The van der Waals surface area contributed by atoms with E-state index in [2.05, 4.69) is 45.7 Å². The molecule has 0 radical (unpaired) electrons. The normalized spacial score (nSPS) is 10.0. The van der Waals surface area contributed by atoms with E-state index in [1.807, 2.05) is 0 Å². The molecule has 0 aliphatic carbocycles. The topological polar surface area (TPSA) is 9.23 Å². The van der Waals surface area contributed by atoms with Gasteiger partial charge in [-0.2, -0.15) is 0 Å². The van der Waals surface area contributed by atoms with Crippen LogP contribution in [0.15, 0.2) is 18.2 Å². The number of ether oxygens (including phenoxy) is 1. The molecule has 0 spiro atoms. The predicted molar refractivity (Wildman–Crippen MR) is 64.1 cm³/mol. The molecule has 0 atom stereocenters. The Labute approximate surface area is 87.6 Å². The van der Waals surface area contributed by atoms with Gasteiger partial charge in [-0.05, 0) is 24.9 Å². The number of hydrogen-bond donors (Lipinski definition) is 0. The highest BCUT2D eigenvalue weighted by molar-refractivity contribution is 6.71. The van der Waals surface area contributed by atoms with Crippen molar-refractivity contribution in [2.24, 2.45) is 0 Å². The van der Waals surface area contributed by atoms with E-state index in [0.29, 0.717) is 6.71 Å². The Morgan fingerprint density at radius 3 is 2.57 bits per heavy atom. The summed E-state index contributed by atoms with van der Waals surface area (Å²) >= 11 is 0. The standard InChI is InChI=1S/C12H19BO/c1-5-8-14-12-7-6-10(2)9-11(12)13(3)4/h6-7,9H,5,8H2,1-4H3. The van der Waals surface area contributed by atoms with E-state index in [-0.39, 0.29) is 0 Å². The third kappa shape index (κ3) is 2.79. The molecule has 0 N–H and O–H groups in total. The van der Waals surface area contributed by atoms with Crippen LogP contribution in [0.1, 0.15) is 18.9 Å². The lowest BCUT2D eigenvalue weighted by Gasteiger charge is -2.13. The molecule has 0 bridgehead atoms. The number of aryl methyl sites for hydroxylation is 1. The largest absolute Gasteiger partial charge is 0.494 e. The van der Waals surface area contributed by atoms with E-state index in [4.69, 9.17) is 4.74 Å². The van der Waals surface area contributed by atoms with E-state index < -0.39 is 0 Å². The summed E-state index contributed by atoms with van der Waals surface area (Å²) in [5, 5.41) is 0. The van der Waals surface area contributed by atoms with E-state index in [1.54, 1.807) is 0 Å². The Morgan fingerprint density at radius 1 is 1.29 bits per heavy atom. The summed E-state index contributed by atoms with van der Waals surface area (Å²) in [6.45, 7) is 9.99. The molecule has 1 nitrogen and oxygen atoms in total. The van der Waals surface area contributed by atoms with Crippen LogP contribution >= 0.6 is 0 Å². The van der Waals surface area contributed by atoms with Gasteiger partial charge in [0.15, 0.2) is 6.71 Å². The molecule has 0 amide bonds. The van der Waals surface area contributed by atoms with Crippen LogP contribution in [0.25, 0.3) is 0 Å². The van der Waals surface area contributed by atoms with Crippen molar-refractivity contribution in [3.63, 3.8) is 0 Å². The van der Waals surface area contributed by atoms with Crippen LogP contribution in [-0.2, 0) is 0 Å². The first-order valence-corrected chi connectivity index (χ1v) is 5.38. The zero-order chi connectivity index (χ0) is 10.6. The molecular weight excluding hydrogens is 171 g/mol. The number of benzene rings is 1. The van der Waals surface area contributed by atoms with Crippen molar-refractivity contribution in [2.45, 2.75) is 33.9 Å². The van der Waals surface area contributed by atoms with Gasteiger partial charge in [0.1, 0.15) is 5.75 Å². The molecule has 14 heavy (non-hydrogen) atoms. The monoisotopic (exact) mass is 190 g/mol. The molecule has 0 saturated heterocycles. The molecule has 2 heteroatoms. The zero-order valence-electron chi connectivity index (χ0n) is 9.63. The summed E-state index contributed by atoms with van der Waals surface area (Å²) in [6.07, 6.45) is 1.06. The first-order chi connectivity index (χ1) is 6.65. The quantitative estimate of drug-likeness (QED) is 0.663. The Hall–Kier alpha value is -0.915. The van der Waals surface area contributed by atoms with Crippen molar-refractivity contribution in [1.82, 2.24) is 0 Å². The highest BCUT2D eigenvalue weighted by Crippen LogP contribution is 2.11. The first kappa shape index (κ1) is 11.2. The third-order valence-electron chi connectivity index (χ3n) is 2.25. The Morgan fingerprint density at radius 2 is 2.00 bits per heavy atom. The van der Waals surface area contributed by atoms with Crippen LogP contribution in [0.2, 0.25) is 13.6 Å². The van der Waals surface area contributed by atoms with E-state index in [0.717, 1.165) is 18.8 Å². The third-order valence-corrected chi connectivity index (χ3v) is 2.25. The van der Waals surface area contributed by atoms with Crippen LogP contribution in [0.3, 0.4) is 0 Å². The van der Waals surface area contributed by atoms with Crippen LogP contribution in [0.4, 0.5) is 0 Å². The fraction of sp³-hybridized carbons (Fsp3) is 0.500. The molecule has 0 saturated carbocycles. The van der Waals surface area contributed by atoms with Crippen LogP contribution in [-0.4, -0.2) is 13.3 Å². The molecule has 1 rings (SSSR count). The van der Waals surface area contributed by atoms with Gasteiger partial charge in [-0.25, -0.2) is 0 Å². The minimum Gasteiger partial charge on any atom is -0.494 e. The van der Waals surface area contributed by atoms with Crippen molar-refractivity contribution in [3.05, 3.63) is 23.8 Å². The van der Waals surface area contributed by atoms with Crippen molar-refractivity contribution < 1.29 is 4.74 Å².